The molecule has 0 unspecified atom stereocenters. The number of ether oxygens (including phenoxy) is 2. The van der Waals surface area contributed by atoms with E-state index in [1.165, 1.54) is 24.3 Å². The molecule has 0 aliphatic carbocycles. The average Bonchev–Trinajstić information content (AvgIpc) is 2.50. The molecule has 0 radical (unpaired) electrons. The maximum absolute atomic E-state index is 12.1. The monoisotopic (exact) mass is 337 g/mol. The summed E-state index contributed by atoms with van der Waals surface area (Å²) in [4.78, 5) is 23.3. The summed E-state index contributed by atoms with van der Waals surface area (Å²) in [6.07, 6.45) is 0. The van der Waals surface area contributed by atoms with Crippen molar-refractivity contribution in [1.29, 1.82) is 0 Å². The maximum atomic E-state index is 12.1. The van der Waals surface area contributed by atoms with Gasteiger partial charge in [0.2, 0.25) is 0 Å². The lowest BCUT2D eigenvalue weighted by atomic mass is 10.2. The van der Waals surface area contributed by atoms with E-state index in [1.807, 2.05) is 0 Å². The minimum absolute atomic E-state index is 0.0722. The summed E-state index contributed by atoms with van der Waals surface area (Å²) < 4.78 is 10.5. The molecule has 1 aliphatic rings. The van der Waals surface area contributed by atoms with Gasteiger partial charge in [0.05, 0.1) is 21.3 Å². The van der Waals surface area contributed by atoms with Crippen LogP contribution in [0.5, 0.6) is 11.5 Å². The van der Waals surface area contributed by atoms with Crippen LogP contribution in [0.25, 0.3) is 0 Å². The summed E-state index contributed by atoms with van der Waals surface area (Å²) in [5.41, 5.74) is 0.812. The highest BCUT2D eigenvalue weighted by Gasteiger charge is 2.17. The number of carbonyl (C=O) groups excluding carboxylic acids is 2. The molecule has 112 valence electrons. The van der Waals surface area contributed by atoms with E-state index in [9.17, 15) is 9.59 Å². The molecule has 1 heterocycles. The quantitative estimate of drug-likeness (QED) is 0.672. The molecule has 3 rings (SSSR count). The Bertz CT molecular complexity index is 776. The summed E-state index contributed by atoms with van der Waals surface area (Å²) in [5, 5.41) is 3.28. The van der Waals surface area contributed by atoms with E-state index >= 15 is 0 Å². The number of esters is 1. The molecule has 0 fully saturated rings. The molecule has 2 aromatic rings. The van der Waals surface area contributed by atoms with Crippen molar-refractivity contribution in [2.45, 2.75) is 0 Å². The number of hydrogen-bond donors (Lipinski definition) is 1. The third-order valence-electron chi connectivity index (χ3n) is 2.95. The fourth-order valence-electron chi connectivity index (χ4n) is 1.91. The van der Waals surface area contributed by atoms with Gasteiger partial charge < -0.3 is 14.8 Å². The van der Waals surface area contributed by atoms with Crippen LogP contribution in [0.1, 0.15) is 10.4 Å². The standard InChI is InChI=1S/C15H9Cl2NO4/c16-10-3-1-8(5-11(10)17)15(20)22-9-2-4-12-13(6-9)21-7-14(19)18-12/h1-6H,7H2,(H,18,19). The minimum atomic E-state index is -0.571. The Hall–Kier alpha value is -2.24. The number of amides is 1. The second-order valence-corrected chi connectivity index (χ2v) is 5.33. The third kappa shape index (κ3) is 3.00. The highest BCUT2D eigenvalue weighted by Crippen LogP contribution is 2.32. The fraction of sp³-hybridized carbons (Fsp3) is 0.0667. The summed E-state index contributed by atoms with van der Waals surface area (Å²) in [7, 11) is 0. The Kier molecular flexibility index (Phi) is 3.92. The van der Waals surface area contributed by atoms with Gasteiger partial charge in [-0.2, -0.15) is 0 Å². The van der Waals surface area contributed by atoms with E-state index in [2.05, 4.69) is 5.32 Å². The first-order valence-corrected chi connectivity index (χ1v) is 7.02. The highest BCUT2D eigenvalue weighted by atomic mass is 35.5. The predicted molar refractivity (Wildman–Crippen MR) is 82.0 cm³/mol. The molecule has 0 spiro atoms. The van der Waals surface area contributed by atoms with Crippen LogP contribution in [0.2, 0.25) is 10.0 Å². The Balaban J connectivity index is 1.79. The van der Waals surface area contributed by atoms with Crippen LogP contribution in [-0.4, -0.2) is 18.5 Å². The van der Waals surface area contributed by atoms with Crippen molar-refractivity contribution < 1.29 is 19.1 Å². The average molecular weight is 338 g/mol. The predicted octanol–water partition coefficient (Wildman–Crippen LogP) is 3.54. The van der Waals surface area contributed by atoms with E-state index < -0.39 is 5.97 Å². The van der Waals surface area contributed by atoms with E-state index in [0.717, 1.165) is 0 Å². The summed E-state index contributed by atoms with van der Waals surface area (Å²) >= 11 is 11.7. The summed E-state index contributed by atoms with van der Waals surface area (Å²) in [6, 6.07) is 9.16. The van der Waals surface area contributed by atoms with Gasteiger partial charge in [-0.3, -0.25) is 4.79 Å². The molecular formula is C15H9Cl2NO4. The Morgan fingerprint density at radius 3 is 2.73 bits per heavy atom. The number of carbonyl (C=O) groups is 2. The number of rotatable bonds is 2. The van der Waals surface area contributed by atoms with E-state index in [0.29, 0.717) is 22.2 Å². The molecule has 0 aromatic heterocycles. The van der Waals surface area contributed by atoms with Crippen LogP contribution >= 0.6 is 23.2 Å². The van der Waals surface area contributed by atoms with Crippen molar-refractivity contribution >= 4 is 40.8 Å². The molecule has 0 atom stereocenters. The topological polar surface area (TPSA) is 64.6 Å². The van der Waals surface area contributed by atoms with Gasteiger partial charge in [-0.15, -0.1) is 0 Å². The van der Waals surface area contributed by atoms with Gasteiger partial charge in [0.1, 0.15) is 11.5 Å². The molecule has 0 saturated carbocycles. The van der Waals surface area contributed by atoms with Gasteiger partial charge in [0.15, 0.2) is 6.61 Å². The zero-order valence-electron chi connectivity index (χ0n) is 11.1. The summed E-state index contributed by atoms with van der Waals surface area (Å²) in [5.74, 6) is -0.0589. The van der Waals surface area contributed by atoms with Crippen LogP contribution < -0.4 is 14.8 Å². The van der Waals surface area contributed by atoms with Crippen molar-refractivity contribution in [1.82, 2.24) is 0 Å². The van der Waals surface area contributed by atoms with Crippen LogP contribution in [-0.2, 0) is 4.79 Å². The second kappa shape index (κ2) is 5.87. The zero-order valence-corrected chi connectivity index (χ0v) is 12.6. The molecule has 0 bridgehead atoms. The molecule has 7 heteroatoms. The third-order valence-corrected chi connectivity index (χ3v) is 3.69. The Morgan fingerprint density at radius 2 is 1.95 bits per heavy atom. The lowest BCUT2D eigenvalue weighted by Gasteiger charge is -2.18. The first-order valence-electron chi connectivity index (χ1n) is 6.27. The number of hydrogen-bond acceptors (Lipinski definition) is 4. The normalized spacial score (nSPS) is 12.9. The van der Waals surface area contributed by atoms with Gasteiger partial charge in [0, 0.05) is 6.07 Å². The minimum Gasteiger partial charge on any atom is -0.481 e. The maximum Gasteiger partial charge on any atom is 0.343 e. The first-order chi connectivity index (χ1) is 10.5. The van der Waals surface area contributed by atoms with E-state index in [1.54, 1.807) is 12.1 Å². The van der Waals surface area contributed by atoms with Crippen molar-refractivity contribution in [2.75, 3.05) is 11.9 Å². The molecule has 0 saturated heterocycles. The number of nitrogens with one attached hydrogen (secondary N) is 1. The first kappa shape index (κ1) is 14.7. The van der Waals surface area contributed by atoms with Crippen molar-refractivity contribution in [3.8, 4) is 11.5 Å². The van der Waals surface area contributed by atoms with Gasteiger partial charge in [0.25, 0.3) is 5.91 Å². The smallest absolute Gasteiger partial charge is 0.343 e. The molecule has 2 aromatic carbocycles. The number of fused-ring (bicyclic) bond motifs is 1. The molecular weight excluding hydrogens is 329 g/mol. The molecule has 22 heavy (non-hydrogen) atoms. The second-order valence-electron chi connectivity index (χ2n) is 4.51. The zero-order chi connectivity index (χ0) is 15.7. The lowest BCUT2D eigenvalue weighted by molar-refractivity contribution is -0.118. The van der Waals surface area contributed by atoms with Crippen LogP contribution in [0.4, 0.5) is 5.69 Å². The molecule has 1 amide bonds. The lowest BCUT2D eigenvalue weighted by Crippen LogP contribution is -2.25. The SMILES string of the molecule is O=C1COc2cc(OC(=O)c3ccc(Cl)c(Cl)c3)ccc2N1. The van der Waals surface area contributed by atoms with E-state index in [-0.39, 0.29) is 23.1 Å². The fourth-order valence-corrected chi connectivity index (χ4v) is 2.21. The van der Waals surface area contributed by atoms with Crippen molar-refractivity contribution in [2.24, 2.45) is 0 Å². The van der Waals surface area contributed by atoms with Gasteiger partial charge >= 0.3 is 5.97 Å². The largest absolute Gasteiger partial charge is 0.481 e. The molecule has 5 nitrogen and oxygen atoms in total. The number of anilines is 1. The number of halogens is 2. The summed E-state index contributed by atoms with van der Waals surface area (Å²) in [6.45, 7) is -0.0722. The van der Waals surface area contributed by atoms with Gasteiger partial charge in [-0.25, -0.2) is 4.79 Å². The Labute approximate surface area is 135 Å². The molecule has 1 aliphatic heterocycles. The van der Waals surface area contributed by atoms with Crippen molar-refractivity contribution in [3.05, 3.63) is 52.0 Å². The van der Waals surface area contributed by atoms with Crippen LogP contribution in [0.15, 0.2) is 36.4 Å². The van der Waals surface area contributed by atoms with Crippen LogP contribution in [0.3, 0.4) is 0 Å². The van der Waals surface area contributed by atoms with Gasteiger partial charge in [-0.1, -0.05) is 23.2 Å². The van der Waals surface area contributed by atoms with Crippen molar-refractivity contribution in [3.63, 3.8) is 0 Å². The van der Waals surface area contributed by atoms with Crippen LogP contribution in [0, 0.1) is 0 Å². The van der Waals surface area contributed by atoms with Gasteiger partial charge in [-0.05, 0) is 30.3 Å². The van der Waals surface area contributed by atoms with E-state index in [4.69, 9.17) is 32.7 Å². The number of benzene rings is 2. The highest BCUT2D eigenvalue weighted by molar-refractivity contribution is 6.42. The molecule has 1 N–H and O–H groups in total. The Morgan fingerprint density at radius 1 is 1.14 bits per heavy atom.